The summed E-state index contributed by atoms with van der Waals surface area (Å²) in [4.78, 5) is 0. The van der Waals surface area contributed by atoms with Gasteiger partial charge in [-0.05, 0) is 37.6 Å². The molecule has 0 aliphatic heterocycles. The van der Waals surface area contributed by atoms with Crippen LogP contribution < -0.4 is 10.5 Å². The van der Waals surface area contributed by atoms with E-state index in [-0.39, 0.29) is 0 Å². The third kappa shape index (κ3) is 3.62. The average Bonchev–Trinajstić information content (AvgIpc) is 2.33. The molecular weight excluding hydrogens is 234 g/mol. The first-order chi connectivity index (χ1) is 8.13. The summed E-state index contributed by atoms with van der Waals surface area (Å²) in [7, 11) is 0. The van der Waals surface area contributed by atoms with Gasteiger partial charge in [-0.2, -0.15) is 0 Å². The number of hydrogen-bond donors (Lipinski definition) is 1. The van der Waals surface area contributed by atoms with Gasteiger partial charge in [-0.15, -0.1) is 0 Å². The van der Waals surface area contributed by atoms with Crippen LogP contribution in [-0.2, 0) is 0 Å². The predicted octanol–water partition coefficient (Wildman–Crippen LogP) is 3.83. The topological polar surface area (TPSA) is 35.2 Å². The lowest BCUT2D eigenvalue weighted by atomic mass is 9.85. The summed E-state index contributed by atoms with van der Waals surface area (Å²) in [5.74, 6) is 1.74. The minimum Gasteiger partial charge on any atom is -0.494 e. The number of benzene rings is 1. The van der Waals surface area contributed by atoms with Gasteiger partial charge in [-0.1, -0.05) is 31.9 Å². The van der Waals surface area contributed by atoms with Crippen LogP contribution in [0.3, 0.4) is 0 Å². The Morgan fingerprint density at radius 2 is 2.06 bits per heavy atom. The van der Waals surface area contributed by atoms with Crippen molar-refractivity contribution >= 4 is 11.6 Å². The number of hydrogen-bond acceptors (Lipinski definition) is 2. The second-order valence-corrected chi connectivity index (χ2v) is 4.78. The molecule has 2 unspecified atom stereocenters. The third-order valence-electron chi connectivity index (χ3n) is 3.26. The predicted molar refractivity (Wildman–Crippen MR) is 73.9 cm³/mol. The lowest BCUT2D eigenvalue weighted by molar-refractivity contribution is 0.328. The monoisotopic (exact) mass is 255 g/mol. The van der Waals surface area contributed by atoms with Crippen molar-refractivity contribution in [3.8, 4) is 5.75 Å². The number of rotatable bonds is 6. The highest BCUT2D eigenvalue weighted by atomic mass is 35.5. The van der Waals surface area contributed by atoms with Gasteiger partial charge in [-0.25, -0.2) is 0 Å². The number of ether oxygens (including phenoxy) is 1. The van der Waals surface area contributed by atoms with Crippen LogP contribution in [-0.4, -0.2) is 13.2 Å². The summed E-state index contributed by atoms with van der Waals surface area (Å²) < 4.78 is 5.66. The van der Waals surface area contributed by atoms with Gasteiger partial charge in [0.2, 0.25) is 0 Å². The van der Waals surface area contributed by atoms with Crippen molar-refractivity contribution in [3.05, 3.63) is 28.8 Å². The summed E-state index contributed by atoms with van der Waals surface area (Å²) in [6, 6.07) is 5.78. The smallest absolute Gasteiger partial charge is 0.122 e. The van der Waals surface area contributed by atoms with Crippen LogP contribution in [0.4, 0.5) is 0 Å². The molecule has 0 heterocycles. The molecule has 0 aliphatic carbocycles. The van der Waals surface area contributed by atoms with Gasteiger partial charge >= 0.3 is 0 Å². The first-order valence-corrected chi connectivity index (χ1v) is 6.64. The molecule has 0 amide bonds. The Bertz CT molecular complexity index is 354. The fourth-order valence-electron chi connectivity index (χ4n) is 2.05. The maximum atomic E-state index is 6.07. The minimum atomic E-state index is 0.306. The molecule has 0 aliphatic rings. The molecule has 0 saturated heterocycles. The summed E-state index contributed by atoms with van der Waals surface area (Å²) >= 11 is 6.07. The van der Waals surface area contributed by atoms with Crippen LogP contribution in [0.15, 0.2) is 18.2 Å². The van der Waals surface area contributed by atoms with Crippen molar-refractivity contribution in [2.75, 3.05) is 13.2 Å². The summed E-state index contributed by atoms with van der Waals surface area (Å²) in [5.41, 5.74) is 7.03. The van der Waals surface area contributed by atoms with Gasteiger partial charge in [0.05, 0.1) is 6.61 Å². The number of halogens is 1. The molecule has 1 aromatic rings. The lowest BCUT2D eigenvalue weighted by Gasteiger charge is -2.24. The minimum absolute atomic E-state index is 0.306. The van der Waals surface area contributed by atoms with Gasteiger partial charge < -0.3 is 10.5 Å². The molecule has 2 atom stereocenters. The van der Waals surface area contributed by atoms with Crippen LogP contribution in [0.25, 0.3) is 0 Å². The second-order valence-electron chi connectivity index (χ2n) is 4.34. The lowest BCUT2D eigenvalue weighted by Crippen LogP contribution is -2.20. The highest BCUT2D eigenvalue weighted by Gasteiger charge is 2.20. The van der Waals surface area contributed by atoms with E-state index in [9.17, 15) is 0 Å². The van der Waals surface area contributed by atoms with Crippen LogP contribution in [0.2, 0.25) is 5.02 Å². The van der Waals surface area contributed by atoms with Gasteiger partial charge in [-0.3, -0.25) is 0 Å². The van der Waals surface area contributed by atoms with Crippen LogP contribution in [0.5, 0.6) is 5.75 Å². The van der Waals surface area contributed by atoms with Gasteiger partial charge in [0.1, 0.15) is 5.75 Å². The molecular formula is C14H22ClNO. The van der Waals surface area contributed by atoms with E-state index in [0.717, 1.165) is 22.8 Å². The molecule has 0 saturated carbocycles. The summed E-state index contributed by atoms with van der Waals surface area (Å²) in [6.07, 6.45) is 1.10. The van der Waals surface area contributed by atoms with E-state index < -0.39 is 0 Å². The fraction of sp³-hybridized carbons (Fsp3) is 0.571. The Morgan fingerprint density at radius 1 is 1.35 bits per heavy atom. The molecule has 0 radical (unpaired) electrons. The molecule has 96 valence electrons. The first kappa shape index (κ1) is 14.3. The van der Waals surface area contributed by atoms with Crippen molar-refractivity contribution in [1.82, 2.24) is 0 Å². The van der Waals surface area contributed by atoms with Crippen molar-refractivity contribution < 1.29 is 4.74 Å². The van der Waals surface area contributed by atoms with Crippen LogP contribution >= 0.6 is 11.6 Å². The standard InChI is InChI=1S/C14H22ClNO/c1-4-10(3)13(9-16)12-8-11(15)6-7-14(12)17-5-2/h6-8,10,13H,4-5,9,16H2,1-3H3. The van der Waals surface area contributed by atoms with Crippen molar-refractivity contribution in [2.24, 2.45) is 11.7 Å². The van der Waals surface area contributed by atoms with E-state index in [4.69, 9.17) is 22.1 Å². The molecule has 1 rings (SSSR count). The fourth-order valence-corrected chi connectivity index (χ4v) is 2.23. The molecule has 2 N–H and O–H groups in total. The van der Waals surface area contributed by atoms with Gasteiger partial charge in [0, 0.05) is 16.5 Å². The Balaban J connectivity index is 3.10. The quantitative estimate of drug-likeness (QED) is 0.839. The van der Waals surface area contributed by atoms with E-state index in [2.05, 4.69) is 13.8 Å². The van der Waals surface area contributed by atoms with Gasteiger partial charge in [0.15, 0.2) is 0 Å². The molecule has 0 fully saturated rings. The zero-order chi connectivity index (χ0) is 12.8. The maximum Gasteiger partial charge on any atom is 0.122 e. The maximum absolute atomic E-state index is 6.07. The Kier molecular flexibility index (Phi) is 5.79. The molecule has 0 bridgehead atoms. The normalized spacial score (nSPS) is 14.4. The number of nitrogens with two attached hydrogens (primary N) is 1. The molecule has 0 spiro atoms. The zero-order valence-electron chi connectivity index (χ0n) is 10.9. The van der Waals surface area contributed by atoms with E-state index in [0.29, 0.717) is 25.0 Å². The highest BCUT2D eigenvalue weighted by Crippen LogP contribution is 2.34. The molecule has 0 aromatic heterocycles. The zero-order valence-corrected chi connectivity index (χ0v) is 11.6. The van der Waals surface area contributed by atoms with Crippen molar-refractivity contribution in [2.45, 2.75) is 33.1 Å². The van der Waals surface area contributed by atoms with Crippen LogP contribution in [0, 0.1) is 5.92 Å². The highest BCUT2D eigenvalue weighted by molar-refractivity contribution is 6.30. The summed E-state index contributed by atoms with van der Waals surface area (Å²) in [6.45, 7) is 7.66. The van der Waals surface area contributed by atoms with Crippen LogP contribution in [0.1, 0.15) is 38.7 Å². The Hall–Kier alpha value is -0.730. The molecule has 1 aromatic carbocycles. The SMILES string of the molecule is CCOc1ccc(Cl)cc1C(CN)C(C)CC. The Morgan fingerprint density at radius 3 is 2.59 bits per heavy atom. The van der Waals surface area contributed by atoms with E-state index in [1.165, 1.54) is 0 Å². The third-order valence-corrected chi connectivity index (χ3v) is 3.49. The average molecular weight is 256 g/mol. The van der Waals surface area contributed by atoms with Crippen molar-refractivity contribution in [1.29, 1.82) is 0 Å². The first-order valence-electron chi connectivity index (χ1n) is 6.26. The Labute approximate surface area is 109 Å². The largest absolute Gasteiger partial charge is 0.494 e. The molecule has 3 heteroatoms. The van der Waals surface area contributed by atoms with E-state index >= 15 is 0 Å². The van der Waals surface area contributed by atoms with Crippen molar-refractivity contribution in [3.63, 3.8) is 0 Å². The van der Waals surface area contributed by atoms with E-state index in [1.54, 1.807) is 0 Å². The second kappa shape index (κ2) is 6.87. The van der Waals surface area contributed by atoms with E-state index in [1.807, 2.05) is 25.1 Å². The summed E-state index contributed by atoms with van der Waals surface area (Å²) in [5, 5.41) is 0.741. The molecule has 17 heavy (non-hydrogen) atoms. The van der Waals surface area contributed by atoms with Gasteiger partial charge in [0.25, 0.3) is 0 Å². The molecule has 2 nitrogen and oxygen atoms in total.